The minimum absolute atomic E-state index is 0.0220. The Labute approximate surface area is 198 Å². The van der Waals surface area contributed by atoms with E-state index in [1.807, 2.05) is 7.05 Å². The van der Waals surface area contributed by atoms with E-state index in [4.69, 9.17) is 9.05 Å². The molecule has 0 aromatic carbocycles. The number of nitrogens with one attached hydrogen (secondary N) is 1. The molecule has 0 radical (unpaired) electrons. The van der Waals surface area contributed by atoms with E-state index in [-0.39, 0.29) is 24.9 Å². The van der Waals surface area contributed by atoms with Gasteiger partial charge in [0.2, 0.25) is 0 Å². The summed E-state index contributed by atoms with van der Waals surface area (Å²) in [5, 5.41) is 2.96. The van der Waals surface area contributed by atoms with Gasteiger partial charge in [0.05, 0.1) is 13.2 Å². The first kappa shape index (κ1) is 31.7. The first-order valence-electron chi connectivity index (χ1n) is 13.2. The third kappa shape index (κ3) is 22.9. The van der Waals surface area contributed by atoms with Gasteiger partial charge in [0.15, 0.2) is 0 Å². The molecule has 2 unspecified atom stereocenters. The maximum atomic E-state index is 12.0. The van der Waals surface area contributed by atoms with E-state index in [0.717, 1.165) is 19.3 Å². The third-order valence-electron chi connectivity index (χ3n) is 5.84. The summed E-state index contributed by atoms with van der Waals surface area (Å²) in [6, 6.07) is 0. The lowest BCUT2D eigenvalue weighted by Gasteiger charge is -2.18. The van der Waals surface area contributed by atoms with Crippen LogP contribution in [0.3, 0.4) is 0 Å². The van der Waals surface area contributed by atoms with Crippen LogP contribution in [0.25, 0.3) is 0 Å². The van der Waals surface area contributed by atoms with E-state index in [0.29, 0.717) is 19.4 Å². The first-order chi connectivity index (χ1) is 15.4. The van der Waals surface area contributed by atoms with Crippen molar-refractivity contribution in [2.24, 2.45) is 5.92 Å². The maximum absolute atomic E-state index is 12.0. The molecule has 0 aliphatic carbocycles. The van der Waals surface area contributed by atoms with Crippen molar-refractivity contribution in [1.29, 1.82) is 0 Å². The predicted octanol–water partition coefficient (Wildman–Crippen LogP) is 7.20. The first-order valence-corrected chi connectivity index (χ1v) is 14.7. The fourth-order valence-corrected chi connectivity index (χ4v) is 4.78. The van der Waals surface area contributed by atoms with Gasteiger partial charge in [0, 0.05) is 6.42 Å². The highest BCUT2D eigenvalue weighted by molar-refractivity contribution is 7.47. The topological polar surface area (TPSA) is 84.9 Å². The van der Waals surface area contributed by atoms with Crippen LogP contribution in [0, 0.1) is 5.92 Å². The van der Waals surface area contributed by atoms with Gasteiger partial charge in [0.25, 0.3) is 0 Å². The number of rotatable bonds is 25. The zero-order chi connectivity index (χ0) is 23.9. The fraction of sp³-hybridized carbons (Fsp3) is 0.960. The second kappa shape index (κ2) is 22.5. The van der Waals surface area contributed by atoms with E-state index in [1.165, 1.54) is 77.0 Å². The van der Waals surface area contributed by atoms with Crippen LogP contribution in [0.15, 0.2) is 0 Å². The molecule has 2 atom stereocenters. The standard InChI is InChI=1S/C25H52NO5P/c1-4-5-6-7-8-9-10-11-12-13-14-15-16-17-19-25(22-24(2)27)23-31-32(28,29)30-21-18-20-26-3/h25-26H,4-23H2,1-3H3,(H,28,29). The lowest BCUT2D eigenvalue weighted by Crippen LogP contribution is -2.14. The summed E-state index contributed by atoms with van der Waals surface area (Å²) in [6.45, 7) is 4.80. The Morgan fingerprint density at radius 3 is 1.81 bits per heavy atom. The number of Topliss-reactive ketones (excluding diaryl/α,β-unsaturated/α-hetero) is 1. The molecule has 0 aromatic heterocycles. The van der Waals surface area contributed by atoms with E-state index in [2.05, 4.69) is 12.2 Å². The maximum Gasteiger partial charge on any atom is 0.472 e. The lowest BCUT2D eigenvalue weighted by atomic mass is 9.96. The van der Waals surface area contributed by atoms with Gasteiger partial charge in [-0.2, -0.15) is 0 Å². The van der Waals surface area contributed by atoms with Crippen molar-refractivity contribution < 1.29 is 23.3 Å². The van der Waals surface area contributed by atoms with E-state index >= 15 is 0 Å². The minimum atomic E-state index is -4.04. The molecule has 0 spiro atoms. The van der Waals surface area contributed by atoms with Gasteiger partial charge in [-0.3, -0.25) is 9.05 Å². The summed E-state index contributed by atoms with van der Waals surface area (Å²) in [6.07, 6.45) is 20.2. The highest BCUT2D eigenvalue weighted by Gasteiger charge is 2.23. The SMILES string of the molecule is CCCCCCCCCCCCCCCCC(COP(=O)(O)OCCCNC)CC(C)=O. The van der Waals surface area contributed by atoms with E-state index < -0.39 is 7.82 Å². The molecule has 0 amide bonds. The normalized spacial score (nSPS) is 14.4. The van der Waals surface area contributed by atoms with Crippen LogP contribution in [0.2, 0.25) is 0 Å². The Morgan fingerprint density at radius 1 is 0.844 bits per heavy atom. The molecule has 192 valence electrons. The smallest absolute Gasteiger partial charge is 0.320 e. The van der Waals surface area contributed by atoms with Gasteiger partial charge in [-0.05, 0) is 39.3 Å². The second-order valence-corrected chi connectivity index (χ2v) is 10.7. The van der Waals surface area contributed by atoms with Crippen molar-refractivity contribution in [2.75, 3.05) is 26.8 Å². The van der Waals surface area contributed by atoms with Crippen LogP contribution >= 0.6 is 7.82 Å². The molecule has 6 nitrogen and oxygen atoms in total. The van der Waals surface area contributed by atoms with Crippen LogP contribution in [-0.4, -0.2) is 37.5 Å². The number of phosphoric acid groups is 1. The third-order valence-corrected chi connectivity index (χ3v) is 6.83. The van der Waals surface area contributed by atoms with Gasteiger partial charge in [0.1, 0.15) is 5.78 Å². The summed E-state index contributed by atoms with van der Waals surface area (Å²) in [5.41, 5.74) is 0. The molecule has 0 aromatic rings. The van der Waals surface area contributed by atoms with Gasteiger partial charge >= 0.3 is 7.82 Å². The molecule has 7 heteroatoms. The summed E-state index contributed by atoms with van der Waals surface area (Å²) < 4.78 is 22.1. The van der Waals surface area contributed by atoms with Crippen LogP contribution in [-0.2, 0) is 18.4 Å². The molecule has 0 heterocycles. The molecule has 0 aliphatic heterocycles. The molecule has 2 N–H and O–H groups in total. The van der Waals surface area contributed by atoms with Crippen LogP contribution in [0.1, 0.15) is 123 Å². The molecule has 0 saturated carbocycles. The largest absolute Gasteiger partial charge is 0.472 e. The zero-order valence-electron chi connectivity index (χ0n) is 21.2. The number of unbranched alkanes of at least 4 members (excludes halogenated alkanes) is 13. The van der Waals surface area contributed by atoms with E-state index in [1.54, 1.807) is 6.92 Å². The van der Waals surface area contributed by atoms with Crippen molar-refractivity contribution in [1.82, 2.24) is 5.32 Å². The Kier molecular flexibility index (Phi) is 22.3. The summed E-state index contributed by atoms with van der Waals surface area (Å²) in [7, 11) is -2.22. The molecule has 0 fully saturated rings. The Hall–Kier alpha value is -0.260. The number of carbonyl (C=O) groups is 1. The number of phosphoric ester groups is 1. The number of carbonyl (C=O) groups excluding carboxylic acids is 1. The molecule has 0 bridgehead atoms. The predicted molar refractivity (Wildman–Crippen MR) is 134 cm³/mol. The van der Waals surface area contributed by atoms with Gasteiger partial charge in [-0.15, -0.1) is 0 Å². The van der Waals surface area contributed by atoms with Gasteiger partial charge in [-0.25, -0.2) is 4.57 Å². The van der Waals surface area contributed by atoms with E-state index in [9.17, 15) is 14.3 Å². The molecular weight excluding hydrogens is 425 g/mol. The number of ketones is 1. The highest BCUT2D eigenvalue weighted by Crippen LogP contribution is 2.44. The van der Waals surface area contributed by atoms with Crippen molar-refractivity contribution in [3.63, 3.8) is 0 Å². The average molecular weight is 478 g/mol. The summed E-state index contributed by atoms with van der Waals surface area (Å²) in [5.74, 6) is 0.0675. The van der Waals surface area contributed by atoms with Crippen molar-refractivity contribution in [3.05, 3.63) is 0 Å². The van der Waals surface area contributed by atoms with Crippen molar-refractivity contribution >= 4 is 13.6 Å². The number of hydrogen-bond donors (Lipinski definition) is 2. The quantitative estimate of drug-likeness (QED) is 0.107. The van der Waals surface area contributed by atoms with Gasteiger partial charge < -0.3 is 15.0 Å². The Morgan fingerprint density at radius 2 is 1.34 bits per heavy atom. The molecular formula is C25H52NO5P. The average Bonchev–Trinajstić information content (AvgIpc) is 2.75. The van der Waals surface area contributed by atoms with Crippen LogP contribution in [0.5, 0.6) is 0 Å². The number of hydrogen-bond acceptors (Lipinski definition) is 5. The summed E-state index contributed by atoms with van der Waals surface area (Å²) >= 11 is 0. The fourth-order valence-electron chi connectivity index (χ4n) is 3.94. The van der Waals surface area contributed by atoms with Crippen molar-refractivity contribution in [2.45, 2.75) is 123 Å². The van der Waals surface area contributed by atoms with Crippen molar-refractivity contribution in [3.8, 4) is 0 Å². The monoisotopic (exact) mass is 477 g/mol. The molecule has 0 aliphatic rings. The molecule has 0 rings (SSSR count). The highest BCUT2D eigenvalue weighted by atomic mass is 31.2. The lowest BCUT2D eigenvalue weighted by molar-refractivity contribution is -0.118. The molecule has 32 heavy (non-hydrogen) atoms. The Bertz CT molecular complexity index is 475. The summed E-state index contributed by atoms with van der Waals surface area (Å²) in [4.78, 5) is 21.3. The zero-order valence-corrected chi connectivity index (χ0v) is 22.1. The molecule has 0 saturated heterocycles. The minimum Gasteiger partial charge on any atom is -0.320 e. The Balaban J connectivity index is 3.76. The van der Waals surface area contributed by atoms with Gasteiger partial charge in [-0.1, -0.05) is 96.8 Å². The van der Waals surface area contributed by atoms with Crippen LogP contribution in [0.4, 0.5) is 0 Å². The van der Waals surface area contributed by atoms with Crippen LogP contribution < -0.4 is 5.32 Å². The second-order valence-electron chi connectivity index (χ2n) is 9.21.